The average molecular weight is 411 g/mol. The molecule has 0 amide bonds. The third-order valence-corrected chi connectivity index (χ3v) is 5.06. The van der Waals surface area contributed by atoms with Crippen molar-refractivity contribution in [1.82, 2.24) is 19.6 Å². The number of fused-ring (bicyclic) bond motifs is 1. The van der Waals surface area contributed by atoms with Crippen molar-refractivity contribution >= 4 is 46.7 Å². The molecule has 26 heavy (non-hydrogen) atoms. The van der Waals surface area contributed by atoms with Crippen LogP contribution in [0.2, 0.25) is 10.0 Å². The zero-order chi connectivity index (χ0) is 18.8. The molecule has 9 heteroatoms. The molecule has 0 saturated carbocycles. The highest BCUT2D eigenvalue weighted by Crippen LogP contribution is 2.22. The van der Waals surface area contributed by atoms with Gasteiger partial charge in [-0.2, -0.15) is 4.98 Å². The summed E-state index contributed by atoms with van der Waals surface area (Å²) in [6.07, 6.45) is 2.00. The highest BCUT2D eigenvalue weighted by atomic mass is 35.5. The molecule has 0 unspecified atom stereocenters. The average Bonchev–Trinajstić information content (AvgIpc) is 3.01. The van der Waals surface area contributed by atoms with Crippen LogP contribution in [0.4, 0.5) is 0 Å². The second-order valence-corrected chi connectivity index (χ2v) is 7.26. The van der Waals surface area contributed by atoms with Crippen molar-refractivity contribution in [2.24, 2.45) is 0 Å². The predicted octanol–water partition coefficient (Wildman–Crippen LogP) is 4.06. The lowest BCUT2D eigenvalue weighted by Crippen LogP contribution is -2.13. The number of hydrogen-bond donors (Lipinski definition) is 0. The summed E-state index contributed by atoms with van der Waals surface area (Å²) in [7, 11) is 0. The Hall–Kier alpha value is -1.83. The zero-order valence-electron chi connectivity index (χ0n) is 14.4. The van der Waals surface area contributed by atoms with Crippen LogP contribution in [-0.2, 0) is 22.6 Å². The molecule has 2 heterocycles. The van der Waals surface area contributed by atoms with Crippen LogP contribution in [0.5, 0.6) is 0 Å². The van der Waals surface area contributed by atoms with E-state index in [-0.39, 0.29) is 19.0 Å². The van der Waals surface area contributed by atoms with Crippen molar-refractivity contribution in [2.75, 3.05) is 6.26 Å². The van der Waals surface area contributed by atoms with E-state index in [1.165, 1.54) is 11.8 Å². The molecule has 3 rings (SSSR count). The van der Waals surface area contributed by atoms with E-state index >= 15 is 0 Å². The third kappa shape index (κ3) is 3.95. The third-order valence-electron chi connectivity index (χ3n) is 3.94. The standard InChI is InChI=1S/C17H16Cl2N4O2S/c1-9-13(10(2)23-16(20-9)21-17(22-23)26-3)7-15(24)25-8-11-4-5-12(18)6-14(11)19/h4-6H,7-8H2,1-3H3. The number of ether oxygens (including phenoxy) is 1. The molecule has 1 aromatic carbocycles. The number of aromatic nitrogens is 4. The first-order valence-corrected chi connectivity index (χ1v) is 9.73. The van der Waals surface area contributed by atoms with E-state index in [1.54, 1.807) is 22.7 Å². The molecule has 0 aliphatic carbocycles. The Morgan fingerprint density at radius 3 is 2.73 bits per heavy atom. The lowest BCUT2D eigenvalue weighted by Gasteiger charge is -2.11. The van der Waals surface area contributed by atoms with Gasteiger partial charge in [0.25, 0.3) is 5.78 Å². The maximum Gasteiger partial charge on any atom is 0.310 e. The van der Waals surface area contributed by atoms with Crippen LogP contribution in [-0.4, -0.2) is 31.8 Å². The number of benzene rings is 1. The van der Waals surface area contributed by atoms with E-state index in [2.05, 4.69) is 15.1 Å². The molecule has 0 atom stereocenters. The fourth-order valence-electron chi connectivity index (χ4n) is 2.52. The van der Waals surface area contributed by atoms with Gasteiger partial charge >= 0.3 is 5.97 Å². The van der Waals surface area contributed by atoms with Crippen LogP contribution in [0.25, 0.3) is 5.78 Å². The number of nitrogens with zero attached hydrogens (tertiary/aromatic N) is 4. The predicted molar refractivity (Wildman–Crippen MR) is 102 cm³/mol. The van der Waals surface area contributed by atoms with Gasteiger partial charge in [0.2, 0.25) is 5.16 Å². The number of rotatable bonds is 5. The molecule has 0 aliphatic heterocycles. The molecule has 0 saturated heterocycles. The topological polar surface area (TPSA) is 69.4 Å². The molecule has 2 aromatic heterocycles. The Balaban J connectivity index is 1.76. The summed E-state index contributed by atoms with van der Waals surface area (Å²) in [4.78, 5) is 21.1. The van der Waals surface area contributed by atoms with Gasteiger partial charge < -0.3 is 4.74 Å². The van der Waals surface area contributed by atoms with Crippen molar-refractivity contribution in [3.63, 3.8) is 0 Å². The van der Waals surface area contributed by atoms with Gasteiger partial charge in [0.05, 0.1) is 6.42 Å². The van der Waals surface area contributed by atoms with E-state index in [0.717, 1.165) is 17.0 Å². The first-order chi connectivity index (χ1) is 12.4. The quantitative estimate of drug-likeness (QED) is 0.466. The minimum Gasteiger partial charge on any atom is -0.460 e. The minimum atomic E-state index is -0.367. The van der Waals surface area contributed by atoms with Gasteiger partial charge in [-0.1, -0.05) is 41.0 Å². The lowest BCUT2D eigenvalue weighted by molar-refractivity contribution is -0.144. The maximum absolute atomic E-state index is 12.3. The van der Waals surface area contributed by atoms with E-state index in [0.29, 0.717) is 26.5 Å². The van der Waals surface area contributed by atoms with Gasteiger partial charge in [0, 0.05) is 32.6 Å². The normalized spacial score (nSPS) is 11.1. The summed E-state index contributed by atoms with van der Waals surface area (Å²) in [6.45, 7) is 3.82. The van der Waals surface area contributed by atoms with Crippen molar-refractivity contribution in [1.29, 1.82) is 0 Å². The molecular formula is C17H16Cl2N4O2S. The van der Waals surface area contributed by atoms with Gasteiger partial charge in [-0.05, 0) is 32.2 Å². The summed E-state index contributed by atoms with van der Waals surface area (Å²) >= 11 is 13.4. The second kappa shape index (κ2) is 7.82. The molecule has 0 aliphatic rings. The molecule has 0 fully saturated rings. The van der Waals surface area contributed by atoms with Gasteiger partial charge in [-0.25, -0.2) is 9.50 Å². The van der Waals surface area contributed by atoms with Crippen molar-refractivity contribution < 1.29 is 9.53 Å². The molecule has 0 N–H and O–H groups in total. The second-order valence-electron chi connectivity index (χ2n) is 5.64. The van der Waals surface area contributed by atoms with Crippen LogP contribution in [0.3, 0.4) is 0 Å². The molecule has 6 nitrogen and oxygen atoms in total. The van der Waals surface area contributed by atoms with Crippen molar-refractivity contribution in [2.45, 2.75) is 32.0 Å². The van der Waals surface area contributed by atoms with E-state index < -0.39 is 0 Å². The maximum atomic E-state index is 12.3. The van der Waals surface area contributed by atoms with Crippen LogP contribution in [0, 0.1) is 13.8 Å². The Kier molecular flexibility index (Phi) is 5.70. The van der Waals surface area contributed by atoms with Gasteiger partial charge in [-0.15, -0.1) is 5.10 Å². The SMILES string of the molecule is CSc1nc2nc(C)c(CC(=O)OCc3ccc(Cl)cc3Cl)c(C)n2n1. The van der Waals surface area contributed by atoms with Gasteiger partial charge in [-0.3, -0.25) is 4.79 Å². The summed E-state index contributed by atoms with van der Waals surface area (Å²) in [5.74, 6) is 0.156. The largest absolute Gasteiger partial charge is 0.460 e. The molecule has 0 bridgehead atoms. The number of halogens is 2. The van der Waals surface area contributed by atoms with Crippen LogP contribution in [0.15, 0.2) is 23.4 Å². The van der Waals surface area contributed by atoms with Gasteiger partial charge in [0.15, 0.2) is 0 Å². The molecule has 3 aromatic rings. The first kappa shape index (κ1) is 18.9. The first-order valence-electron chi connectivity index (χ1n) is 7.75. The minimum absolute atomic E-state index is 0.0859. The molecule has 136 valence electrons. The Morgan fingerprint density at radius 1 is 1.27 bits per heavy atom. The monoisotopic (exact) mass is 410 g/mol. The highest BCUT2D eigenvalue weighted by Gasteiger charge is 2.17. The number of carbonyl (C=O) groups is 1. The highest BCUT2D eigenvalue weighted by molar-refractivity contribution is 7.98. The summed E-state index contributed by atoms with van der Waals surface area (Å²) in [5.41, 5.74) is 3.04. The Labute approximate surface area is 164 Å². The lowest BCUT2D eigenvalue weighted by atomic mass is 10.1. The summed E-state index contributed by atoms with van der Waals surface area (Å²) in [5, 5.41) is 6.01. The Bertz CT molecular complexity index is 991. The Morgan fingerprint density at radius 2 is 2.04 bits per heavy atom. The number of esters is 1. The summed E-state index contributed by atoms with van der Waals surface area (Å²) in [6, 6.07) is 5.06. The number of thioether (sulfide) groups is 1. The number of hydrogen-bond acceptors (Lipinski definition) is 6. The van der Waals surface area contributed by atoms with Crippen LogP contribution < -0.4 is 0 Å². The fraction of sp³-hybridized carbons (Fsp3) is 0.294. The van der Waals surface area contributed by atoms with E-state index in [4.69, 9.17) is 27.9 Å². The van der Waals surface area contributed by atoms with E-state index in [9.17, 15) is 4.79 Å². The van der Waals surface area contributed by atoms with Crippen molar-refractivity contribution in [3.8, 4) is 0 Å². The van der Waals surface area contributed by atoms with Crippen LogP contribution in [0.1, 0.15) is 22.5 Å². The summed E-state index contributed by atoms with van der Waals surface area (Å²) < 4.78 is 7.01. The molecular weight excluding hydrogens is 395 g/mol. The molecule has 0 spiro atoms. The number of aryl methyl sites for hydroxylation is 2. The smallest absolute Gasteiger partial charge is 0.310 e. The van der Waals surface area contributed by atoms with Gasteiger partial charge in [0.1, 0.15) is 6.61 Å². The molecule has 0 radical (unpaired) electrons. The zero-order valence-corrected chi connectivity index (χ0v) is 16.7. The van der Waals surface area contributed by atoms with Crippen molar-refractivity contribution in [3.05, 3.63) is 50.8 Å². The number of carbonyl (C=O) groups excluding carboxylic acids is 1. The van der Waals surface area contributed by atoms with E-state index in [1.807, 2.05) is 20.1 Å². The fourth-order valence-corrected chi connectivity index (χ4v) is 3.32. The van der Waals surface area contributed by atoms with Crippen LogP contribution >= 0.6 is 35.0 Å².